The highest BCUT2D eigenvalue weighted by atomic mass is 32.1. The van der Waals surface area contributed by atoms with E-state index in [0.717, 1.165) is 22.7 Å². The van der Waals surface area contributed by atoms with Gasteiger partial charge in [-0.3, -0.25) is 4.79 Å². The lowest BCUT2D eigenvalue weighted by Crippen LogP contribution is -2.42. The second-order valence-electron chi connectivity index (χ2n) is 11.4. The molecule has 0 aromatic carbocycles. The van der Waals surface area contributed by atoms with Crippen molar-refractivity contribution in [3.63, 3.8) is 0 Å². The molecule has 1 N–H and O–H groups in total. The number of carbonyl (C=O) groups excluding carboxylic acids is 1. The van der Waals surface area contributed by atoms with Crippen LogP contribution in [0.25, 0.3) is 6.08 Å². The highest BCUT2D eigenvalue weighted by Crippen LogP contribution is 2.42. The second-order valence-corrected chi connectivity index (χ2v) is 12.4. The topological polar surface area (TPSA) is 59.4 Å². The summed E-state index contributed by atoms with van der Waals surface area (Å²) in [7, 11) is 0. The highest BCUT2D eigenvalue weighted by molar-refractivity contribution is 7.09. The number of nitrogens with zero attached hydrogens (tertiary/aromatic N) is 1. The normalized spacial score (nSPS) is 34.2. The van der Waals surface area contributed by atoms with Crippen LogP contribution in [0.2, 0.25) is 0 Å². The maximum atomic E-state index is 13.0. The Bertz CT molecular complexity index is 868. The van der Waals surface area contributed by atoms with Crippen molar-refractivity contribution in [2.24, 2.45) is 29.1 Å². The van der Waals surface area contributed by atoms with Gasteiger partial charge in [0, 0.05) is 11.8 Å². The predicted octanol–water partition coefficient (Wildman–Crippen LogP) is 7.61. The van der Waals surface area contributed by atoms with Crippen molar-refractivity contribution in [1.29, 1.82) is 0 Å². The van der Waals surface area contributed by atoms with E-state index in [1.54, 1.807) is 11.3 Å². The van der Waals surface area contributed by atoms with Gasteiger partial charge in [0.25, 0.3) is 0 Å². The number of aryl methyl sites for hydroxylation is 1. The molecule has 192 valence electrons. The van der Waals surface area contributed by atoms with E-state index in [-0.39, 0.29) is 24.4 Å². The summed E-state index contributed by atoms with van der Waals surface area (Å²) >= 11 is 1.61. The fourth-order valence-electron chi connectivity index (χ4n) is 5.06. The van der Waals surface area contributed by atoms with E-state index in [9.17, 15) is 9.90 Å². The molecule has 1 aromatic rings. The van der Waals surface area contributed by atoms with Crippen LogP contribution in [0, 0.1) is 36.0 Å². The van der Waals surface area contributed by atoms with Crippen LogP contribution in [-0.2, 0) is 9.53 Å². The smallest absolute Gasteiger partial charge is 0.309 e. The van der Waals surface area contributed by atoms with Crippen LogP contribution in [-0.4, -0.2) is 28.3 Å². The summed E-state index contributed by atoms with van der Waals surface area (Å²) in [5, 5.41) is 14.2. The molecule has 1 aliphatic heterocycles. The number of ether oxygens (including phenoxy) is 1. The standard InChI is InChI=1S/C29H47NO3S/c1-18-11-10-12-19(2)21(4)22(5)23(6)29(8,9)27(31)16-28(32)33-26(14-13-18)20(3)15-25-17-34-24(7)30-25/h13,15,17,19,21-23,26-27,31H,10-12,14,16H2,1-9H3/b18-13-,20-15+/t19-,21-,22+,23+,26-,27-/m0/s1. The lowest BCUT2D eigenvalue weighted by Gasteiger charge is -2.42. The number of carbonyl (C=O) groups is 1. The first kappa shape index (κ1) is 28.8. The maximum Gasteiger partial charge on any atom is 0.309 e. The first-order chi connectivity index (χ1) is 15.8. The molecular formula is C29H47NO3S. The van der Waals surface area contributed by atoms with E-state index < -0.39 is 11.5 Å². The van der Waals surface area contributed by atoms with Gasteiger partial charge in [-0.2, -0.15) is 0 Å². The summed E-state index contributed by atoms with van der Waals surface area (Å²) in [6, 6.07) is 0. The van der Waals surface area contributed by atoms with Gasteiger partial charge in [0.1, 0.15) is 6.10 Å². The summed E-state index contributed by atoms with van der Waals surface area (Å²) < 4.78 is 5.97. The highest BCUT2D eigenvalue weighted by Gasteiger charge is 2.40. The van der Waals surface area contributed by atoms with Crippen LogP contribution < -0.4 is 0 Å². The average Bonchev–Trinajstić information content (AvgIpc) is 3.18. The van der Waals surface area contributed by atoms with E-state index >= 15 is 0 Å². The second kappa shape index (κ2) is 12.5. The van der Waals surface area contributed by atoms with E-state index in [2.05, 4.69) is 59.5 Å². The summed E-state index contributed by atoms with van der Waals surface area (Å²) in [6.45, 7) is 19.6. The van der Waals surface area contributed by atoms with Gasteiger partial charge in [-0.05, 0) is 74.3 Å². The molecule has 4 nitrogen and oxygen atoms in total. The van der Waals surface area contributed by atoms with Crippen molar-refractivity contribution in [2.45, 2.75) is 107 Å². The molecule has 0 unspecified atom stereocenters. The molecule has 0 aliphatic carbocycles. The molecule has 0 saturated carbocycles. The number of aromatic nitrogens is 1. The minimum absolute atomic E-state index is 0.0102. The number of aliphatic hydroxyl groups excluding tert-OH is 1. The van der Waals surface area contributed by atoms with Crippen molar-refractivity contribution < 1.29 is 14.6 Å². The van der Waals surface area contributed by atoms with E-state index in [4.69, 9.17) is 4.74 Å². The van der Waals surface area contributed by atoms with Gasteiger partial charge < -0.3 is 9.84 Å². The Morgan fingerprint density at radius 1 is 1.21 bits per heavy atom. The van der Waals surface area contributed by atoms with E-state index in [1.165, 1.54) is 18.4 Å². The Labute approximate surface area is 211 Å². The van der Waals surface area contributed by atoms with Gasteiger partial charge in [0.15, 0.2) is 0 Å². The molecule has 0 spiro atoms. The lowest BCUT2D eigenvalue weighted by molar-refractivity contribution is -0.152. The molecular weight excluding hydrogens is 442 g/mol. The molecule has 6 atom stereocenters. The fourth-order valence-corrected chi connectivity index (χ4v) is 5.63. The third-order valence-corrected chi connectivity index (χ3v) is 9.40. The minimum Gasteiger partial charge on any atom is -0.457 e. The average molecular weight is 490 g/mol. The Hall–Kier alpha value is -1.46. The largest absolute Gasteiger partial charge is 0.457 e. The Morgan fingerprint density at radius 2 is 1.88 bits per heavy atom. The zero-order valence-electron chi connectivity index (χ0n) is 22.9. The van der Waals surface area contributed by atoms with Crippen molar-refractivity contribution in [3.05, 3.63) is 33.3 Å². The summed E-state index contributed by atoms with van der Waals surface area (Å²) in [5.41, 5.74) is 2.82. The van der Waals surface area contributed by atoms with E-state index in [1.807, 2.05) is 25.3 Å². The van der Waals surface area contributed by atoms with Crippen molar-refractivity contribution in [2.75, 3.05) is 0 Å². The molecule has 1 aliphatic rings. The number of hydrogen-bond donors (Lipinski definition) is 1. The van der Waals surface area contributed by atoms with E-state index in [0.29, 0.717) is 24.2 Å². The van der Waals surface area contributed by atoms with Crippen molar-refractivity contribution in [3.8, 4) is 0 Å². The van der Waals surface area contributed by atoms with Crippen molar-refractivity contribution >= 4 is 23.4 Å². The first-order valence-corrected chi connectivity index (χ1v) is 13.8. The predicted molar refractivity (Wildman–Crippen MR) is 144 cm³/mol. The molecule has 0 saturated heterocycles. The molecule has 2 rings (SSSR count). The van der Waals surface area contributed by atoms with Crippen LogP contribution in [0.1, 0.15) is 98.2 Å². The Kier molecular flexibility index (Phi) is 10.6. The number of cyclic esters (lactones) is 1. The van der Waals surface area contributed by atoms with Crippen LogP contribution in [0.15, 0.2) is 22.6 Å². The van der Waals surface area contributed by atoms with Gasteiger partial charge >= 0.3 is 5.97 Å². The van der Waals surface area contributed by atoms with Crippen LogP contribution >= 0.6 is 11.3 Å². The number of hydrogen-bond acceptors (Lipinski definition) is 5. The van der Waals surface area contributed by atoms with Gasteiger partial charge in [0.05, 0.1) is 23.2 Å². The third-order valence-electron chi connectivity index (χ3n) is 8.61. The molecule has 0 amide bonds. The number of allylic oxidation sites excluding steroid dienone is 1. The number of rotatable bonds is 2. The number of esters is 1. The molecule has 5 heteroatoms. The lowest BCUT2D eigenvalue weighted by atomic mass is 9.64. The zero-order chi connectivity index (χ0) is 25.6. The van der Waals surface area contributed by atoms with Crippen molar-refractivity contribution in [1.82, 2.24) is 4.98 Å². The minimum atomic E-state index is -0.753. The number of thiazole rings is 1. The monoisotopic (exact) mass is 489 g/mol. The van der Waals surface area contributed by atoms with Crippen LogP contribution in [0.3, 0.4) is 0 Å². The summed E-state index contributed by atoms with van der Waals surface area (Å²) in [4.78, 5) is 17.5. The first-order valence-electron chi connectivity index (χ1n) is 13.0. The summed E-state index contributed by atoms with van der Waals surface area (Å²) in [5.74, 6) is 1.55. The molecule has 0 fully saturated rings. The van der Waals surface area contributed by atoms with Gasteiger partial charge in [-0.1, -0.05) is 59.6 Å². The van der Waals surface area contributed by atoms with Gasteiger partial charge in [-0.15, -0.1) is 11.3 Å². The molecule has 0 bridgehead atoms. The third kappa shape index (κ3) is 7.78. The summed E-state index contributed by atoms with van der Waals surface area (Å²) in [6.07, 6.45) is 7.20. The Morgan fingerprint density at radius 3 is 2.50 bits per heavy atom. The fraction of sp³-hybridized carbons (Fsp3) is 0.724. The zero-order valence-corrected chi connectivity index (χ0v) is 23.7. The quantitative estimate of drug-likeness (QED) is 0.343. The Balaban J connectivity index is 2.32. The maximum absolute atomic E-state index is 13.0. The number of aliphatic hydroxyl groups is 1. The van der Waals surface area contributed by atoms with Crippen LogP contribution in [0.5, 0.6) is 0 Å². The molecule has 0 radical (unpaired) electrons. The van der Waals surface area contributed by atoms with Gasteiger partial charge in [0.2, 0.25) is 0 Å². The van der Waals surface area contributed by atoms with Crippen LogP contribution in [0.4, 0.5) is 0 Å². The SMILES string of the molecule is C/C1=C/C[C@@H](/C(C)=C/c2csc(C)n2)OC(=O)C[C@H](O)C(C)(C)[C@H](C)[C@H](C)[C@@H](C)[C@@H](C)CCC1. The molecule has 1 aromatic heterocycles. The molecule has 34 heavy (non-hydrogen) atoms. The van der Waals surface area contributed by atoms with Gasteiger partial charge in [-0.25, -0.2) is 4.98 Å². The molecule has 2 heterocycles.